The molecule has 0 aromatic rings. The molecular weight excluding hydrogens is 124 g/mol. The van der Waals surface area contributed by atoms with Gasteiger partial charge in [-0.15, -0.1) is 0 Å². The highest BCUT2D eigenvalue weighted by atomic mass is 16.1. The van der Waals surface area contributed by atoms with Crippen LogP contribution < -0.4 is 0 Å². The van der Waals surface area contributed by atoms with Crippen LogP contribution in [0.5, 0.6) is 0 Å². The second-order valence-electron chi connectivity index (χ2n) is 3.67. The van der Waals surface area contributed by atoms with E-state index in [1.807, 2.05) is 0 Å². The molecule has 2 atom stereocenters. The first-order valence-corrected chi connectivity index (χ1v) is 4.13. The second-order valence-corrected chi connectivity index (χ2v) is 3.67. The van der Waals surface area contributed by atoms with Crippen molar-refractivity contribution in [1.29, 1.82) is 0 Å². The molecule has 0 heterocycles. The number of rotatable bonds is 1. The van der Waals surface area contributed by atoms with Crippen molar-refractivity contribution in [3.63, 3.8) is 0 Å². The van der Waals surface area contributed by atoms with Gasteiger partial charge in [0.1, 0.15) is 5.78 Å². The van der Waals surface area contributed by atoms with Crippen LogP contribution in [0.4, 0.5) is 0 Å². The van der Waals surface area contributed by atoms with Crippen LogP contribution in [-0.2, 0) is 4.79 Å². The average molecular weight is 140 g/mol. The second kappa shape index (κ2) is 2.73. The van der Waals surface area contributed by atoms with Gasteiger partial charge in [0.25, 0.3) is 0 Å². The van der Waals surface area contributed by atoms with Crippen LogP contribution in [0.25, 0.3) is 0 Å². The molecular formula is C9H16O. The Bertz CT molecular complexity index is 130. The van der Waals surface area contributed by atoms with Crippen molar-refractivity contribution in [3.05, 3.63) is 0 Å². The molecule has 0 spiro atoms. The molecule has 0 bridgehead atoms. The van der Waals surface area contributed by atoms with Gasteiger partial charge in [-0.2, -0.15) is 0 Å². The van der Waals surface area contributed by atoms with Crippen LogP contribution in [0.2, 0.25) is 0 Å². The first-order valence-electron chi connectivity index (χ1n) is 4.13. The number of carbonyl (C=O) groups is 1. The molecule has 1 aliphatic rings. The SMILES string of the molecule is CC(=O)C1C(C)CCC1C. The minimum absolute atomic E-state index is 0.361. The summed E-state index contributed by atoms with van der Waals surface area (Å²) in [5.41, 5.74) is 0. The topological polar surface area (TPSA) is 17.1 Å². The number of carbonyl (C=O) groups excluding carboxylic acids is 1. The molecule has 2 unspecified atom stereocenters. The van der Waals surface area contributed by atoms with Crippen molar-refractivity contribution < 1.29 is 4.79 Å². The van der Waals surface area contributed by atoms with Crippen molar-refractivity contribution in [2.75, 3.05) is 0 Å². The van der Waals surface area contributed by atoms with Gasteiger partial charge in [-0.25, -0.2) is 0 Å². The summed E-state index contributed by atoms with van der Waals surface area (Å²) in [5.74, 6) is 2.01. The maximum Gasteiger partial charge on any atom is 0.133 e. The van der Waals surface area contributed by atoms with Crippen molar-refractivity contribution in [2.24, 2.45) is 17.8 Å². The van der Waals surface area contributed by atoms with Crippen molar-refractivity contribution >= 4 is 5.78 Å². The zero-order valence-corrected chi connectivity index (χ0v) is 7.05. The van der Waals surface area contributed by atoms with Gasteiger partial charge in [-0.1, -0.05) is 13.8 Å². The van der Waals surface area contributed by atoms with Crippen LogP contribution in [0.1, 0.15) is 33.6 Å². The fourth-order valence-electron chi connectivity index (χ4n) is 2.25. The summed E-state index contributed by atoms with van der Waals surface area (Å²) in [6.45, 7) is 6.11. The largest absolute Gasteiger partial charge is 0.300 e. The van der Waals surface area contributed by atoms with Crippen LogP contribution in [0.3, 0.4) is 0 Å². The molecule has 0 saturated heterocycles. The lowest BCUT2D eigenvalue weighted by Gasteiger charge is -2.15. The van der Waals surface area contributed by atoms with Crippen LogP contribution >= 0.6 is 0 Å². The van der Waals surface area contributed by atoms with Crippen LogP contribution in [0, 0.1) is 17.8 Å². The van der Waals surface area contributed by atoms with Crippen LogP contribution in [0.15, 0.2) is 0 Å². The highest BCUT2D eigenvalue weighted by Gasteiger charge is 2.33. The predicted molar refractivity (Wildman–Crippen MR) is 41.7 cm³/mol. The fourth-order valence-corrected chi connectivity index (χ4v) is 2.25. The summed E-state index contributed by atoms with van der Waals surface area (Å²) in [6.07, 6.45) is 2.48. The van der Waals surface area contributed by atoms with Gasteiger partial charge in [0.15, 0.2) is 0 Å². The van der Waals surface area contributed by atoms with Crippen molar-refractivity contribution in [3.8, 4) is 0 Å². The molecule has 0 aromatic heterocycles. The summed E-state index contributed by atoms with van der Waals surface area (Å²) in [7, 11) is 0. The molecule has 1 nitrogen and oxygen atoms in total. The predicted octanol–water partition coefficient (Wildman–Crippen LogP) is 2.26. The van der Waals surface area contributed by atoms with Gasteiger partial charge in [-0.05, 0) is 31.6 Å². The number of Topliss-reactive ketones (excluding diaryl/α,β-unsaturated/α-hetero) is 1. The summed E-state index contributed by atoms with van der Waals surface area (Å²) in [6, 6.07) is 0. The lowest BCUT2D eigenvalue weighted by atomic mass is 9.88. The number of hydrogen-bond acceptors (Lipinski definition) is 1. The third-order valence-corrected chi connectivity index (χ3v) is 2.77. The number of hydrogen-bond donors (Lipinski definition) is 0. The molecule has 1 saturated carbocycles. The minimum atomic E-state index is 0.361. The van der Waals surface area contributed by atoms with Crippen LogP contribution in [-0.4, -0.2) is 5.78 Å². The standard InChI is InChI=1S/C9H16O/c1-6-4-5-7(2)9(6)8(3)10/h6-7,9H,4-5H2,1-3H3. The highest BCUT2D eigenvalue weighted by Crippen LogP contribution is 2.36. The Balaban J connectivity index is 2.63. The molecule has 1 aliphatic carbocycles. The lowest BCUT2D eigenvalue weighted by Crippen LogP contribution is -2.18. The van der Waals surface area contributed by atoms with E-state index < -0.39 is 0 Å². The van der Waals surface area contributed by atoms with Gasteiger partial charge >= 0.3 is 0 Å². The quantitative estimate of drug-likeness (QED) is 0.546. The molecule has 1 heteroatoms. The molecule has 10 heavy (non-hydrogen) atoms. The molecule has 0 aliphatic heterocycles. The Labute approximate surface area is 62.8 Å². The maximum atomic E-state index is 11.1. The number of ketones is 1. The Kier molecular flexibility index (Phi) is 2.12. The third kappa shape index (κ3) is 1.23. The molecule has 0 N–H and O–H groups in total. The highest BCUT2D eigenvalue weighted by molar-refractivity contribution is 5.79. The summed E-state index contributed by atoms with van der Waals surface area (Å²) in [5, 5.41) is 0. The maximum absolute atomic E-state index is 11.1. The normalized spacial score (nSPS) is 40.1. The van der Waals surface area contributed by atoms with E-state index in [2.05, 4.69) is 13.8 Å². The molecule has 0 radical (unpaired) electrons. The molecule has 0 amide bonds. The van der Waals surface area contributed by atoms with E-state index in [1.165, 1.54) is 12.8 Å². The monoisotopic (exact) mass is 140 g/mol. The minimum Gasteiger partial charge on any atom is -0.300 e. The zero-order chi connectivity index (χ0) is 7.72. The first kappa shape index (κ1) is 7.77. The van der Waals surface area contributed by atoms with Gasteiger partial charge in [0.05, 0.1) is 0 Å². The Morgan fingerprint density at radius 3 is 1.80 bits per heavy atom. The lowest BCUT2D eigenvalue weighted by molar-refractivity contribution is -0.122. The van der Waals surface area contributed by atoms with E-state index in [4.69, 9.17) is 0 Å². The van der Waals surface area contributed by atoms with Gasteiger partial charge < -0.3 is 0 Å². The van der Waals surface area contributed by atoms with E-state index in [-0.39, 0.29) is 0 Å². The summed E-state index contributed by atoms with van der Waals surface area (Å²) >= 11 is 0. The van der Waals surface area contributed by atoms with Gasteiger partial charge in [0, 0.05) is 5.92 Å². The van der Waals surface area contributed by atoms with E-state index in [0.29, 0.717) is 23.5 Å². The summed E-state index contributed by atoms with van der Waals surface area (Å²) in [4.78, 5) is 11.1. The van der Waals surface area contributed by atoms with Crippen molar-refractivity contribution in [1.82, 2.24) is 0 Å². The van der Waals surface area contributed by atoms with E-state index in [9.17, 15) is 4.79 Å². The molecule has 1 fully saturated rings. The molecule has 1 rings (SSSR count). The smallest absolute Gasteiger partial charge is 0.133 e. The van der Waals surface area contributed by atoms with Crippen molar-refractivity contribution in [2.45, 2.75) is 33.6 Å². The molecule has 58 valence electrons. The first-order chi connectivity index (χ1) is 4.63. The Morgan fingerprint density at radius 2 is 1.60 bits per heavy atom. The Hall–Kier alpha value is -0.330. The van der Waals surface area contributed by atoms with E-state index in [0.717, 1.165) is 0 Å². The Morgan fingerprint density at radius 1 is 1.20 bits per heavy atom. The fraction of sp³-hybridized carbons (Fsp3) is 0.889. The third-order valence-electron chi connectivity index (χ3n) is 2.77. The zero-order valence-electron chi connectivity index (χ0n) is 7.05. The van der Waals surface area contributed by atoms with E-state index >= 15 is 0 Å². The summed E-state index contributed by atoms with van der Waals surface area (Å²) < 4.78 is 0. The van der Waals surface area contributed by atoms with Gasteiger partial charge in [0.2, 0.25) is 0 Å². The van der Waals surface area contributed by atoms with E-state index in [1.54, 1.807) is 6.92 Å². The average Bonchev–Trinajstić information content (AvgIpc) is 2.11. The molecule has 0 aromatic carbocycles. The van der Waals surface area contributed by atoms with Gasteiger partial charge in [-0.3, -0.25) is 4.79 Å².